The number of carbonyl (C=O) groups is 1. The molecule has 0 bridgehead atoms. The molecule has 1 heterocycles. The van der Waals surface area contributed by atoms with Crippen LogP contribution in [0.5, 0.6) is 0 Å². The lowest BCUT2D eigenvalue weighted by Gasteiger charge is -2.03. The van der Waals surface area contributed by atoms with Crippen LogP contribution in [0.25, 0.3) is 0 Å². The highest BCUT2D eigenvalue weighted by atomic mass is 19.1. The van der Waals surface area contributed by atoms with Gasteiger partial charge in [0.2, 0.25) is 0 Å². The first kappa shape index (κ1) is 12.5. The van der Waals surface area contributed by atoms with Gasteiger partial charge in [0.25, 0.3) is 0 Å². The van der Waals surface area contributed by atoms with Gasteiger partial charge in [-0.1, -0.05) is 13.0 Å². The summed E-state index contributed by atoms with van der Waals surface area (Å²) in [5.74, 6) is -0.584. The van der Waals surface area contributed by atoms with Gasteiger partial charge >= 0.3 is 0 Å². The summed E-state index contributed by atoms with van der Waals surface area (Å²) < 4.78 is 14.9. The lowest BCUT2D eigenvalue weighted by Crippen LogP contribution is -2.03. The van der Waals surface area contributed by atoms with Crippen molar-refractivity contribution in [2.24, 2.45) is 0 Å². The highest BCUT2D eigenvalue weighted by Gasteiger charge is 2.14. The summed E-state index contributed by atoms with van der Waals surface area (Å²) in [4.78, 5) is 12.2. The van der Waals surface area contributed by atoms with E-state index < -0.39 is 5.82 Å². The number of aromatic nitrogens is 2. The van der Waals surface area contributed by atoms with Gasteiger partial charge in [0.1, 0.15) is 5.82 Å². The number of rotatable bonds is 4. The number of hydrogen-bond donors (Lipinski definition) is 0. The van der Waals surface area contributed by atoms with E-state index in [4.69, 9.17) is 0 Å². The first-order chi connectivity index (χ1) is 8.61. The molecule has 0 unspecified atom stereocenters. The third-order valence-electron chi connectivity index (χ3n) is 2.79. The maximum Gasteiger partial charge on any atom is 0.196 e. The van der Waals surface area contributed by atoms with Crippen LogP contribution < -0.4 is 0 Å². The SMILES string of the molecule is CCCn1cc(C(=O)c2cc(F)ccc2C)cn1. The molecule has 2 aromatic rings. The second-order valence-corrected chi connectivity index (χ2v) is 4.28. The van der Waals surface area contributed by atoms with Crippen LogP contribution in [0.2, 0.25) is 0 Å². The summed E-state index contributed by atoms with van der Waals surface area (Å²) in [6.07, 6.45) is 4.19. The van der Waals surface area contributed by atoms with Crippen LogP contribution in [0.3, 0.4) is 0 Å². The molecule has 0 fully saturated rings. The van der Waals surface area contributed by atoms with E-state index in [9.17, 15) is 9.18 Å². The first-order valence-corrected chi connectivity index (χ1v) is 5.95. The number of ketones is 1. The van der Waals surface area contributed by atoms with Crippen LogP contribution in [-0.2, 0) is 6.54 Å². The molecule has 0 saturated heterocycles. The van der Waals surface area contributed by atoms with Crippen molar-refractivity contribution in [3.63, 3.8) is 0 Å². The Hall–Kier alpha value is -1.97. The van der Waals surface area contributed by atoms with Crippen LogP contribution in [0.15, 0.2) is 30.6 Å². The number of hydrogen-bond acceptors (Lipinski definition) is 2. The van der Waals surface area contributed by atoms with Crippen molar-refractivity contribution in [2.45, 2.75) is 26.8 Å². The van der Waals surface area contributed by atoms with Gasteiger partial charge in [0, 0.05) is 18.3 Å². The Morgan fingerprint density at radius 3 is 2.94 bits per heavy atom. The molecule has 0 atom stereocenters. The molecule has 0 aliphatic rings. The van der Waals surface area contributed by atoms with Crippen molar-refractivity contribution in [2.75, 3.05) is 0 Å². The molecule has 0 N–H and O–H groups in total. The summed E-state index contributed by atoms with van der Waals surface area (Å²) in [6.45, 7) is 4.61. The molecule has 2 rings (SSSR count). The van der Waals surface area contributed by atoms with E-state index in [1.54, 1.807) is 23.9 Å². The van der Waals surface area contributed by atoms with Crippen LogP contribution >= 0.6 is 0 Å². The van der Waals surface area contributed by atoms with Gasteiger partial charge in [-0.15, -0.1) is 0 Å². The normalized spacial score (nSPS) is 10.6. The van der Waals surface area contributed by atoms with Crippen molar-refractivity contribution in [1.29, 1.82) is 0 Å². The summed E-state index contributed by atoms with van der Waals surface area (Å²) in [5, 5.41) is 4.11. The van der Waals surface area contributed by atoms with Crippen molar-refractivity contribution in [3.8, 4) is 0 Å². The molecule has 0 amide bonds. The average molecular weight is 246 g/mol. The molecule has 4 heteroatoms. The molecule has 1 aromatic carbocycles. The first-order valence-electron chi connectivity index (χ1n) is 5.95. The van der Waals surface area contributed by atoms with Crippen LogP contribution in [0, 0.1) is 12.7 Å². The van der Waals surface area contributed by atoms with Gasteiger partial charge in [-0.25, -0.2) is 4.39 Å². The number of nitrogens with zero attached hydrogens (tertiary/aromatic N) is 2. The Kier molecular flexibility index (Phi) is 3.55. The third-order valence-corrected chi connectivity index (χ3v) is 2.79. The second kappa shape index (κ2) is 5.12. The molecule has 1 aromatic heterocycles. The summed E-state index contributed by atoms with van der Waals surface area (Å²) >= 11 is 0. The smallest absolute Gasteiger partial charge is 0.196 e. The summed E-state index contributed by atoms with van der Waals surface area (Å²) in [7, 11) is 0. The molecule has 94 valence electrons. The fourth-order valence-electron chi connectivity index (χ4n) is 1.83. The van der Waals surface area contributed by atoms with E-state index in [1.165, 1.54) is 18.3 Å². The largest absolute Gasteiger partial charge is 0.288 e. The number of carbonyl (C=O) groups excluding carboxylic acids is 1. The van der Waals surface area contributed by atoms with E-state index in [1.807, 2.05) is 6.92 Å². The third kappa shape index (κ3) is 2.47. The zero-order chi connectivity index (χ0) is 13.1. The van der Waals surface area contributed by atoms with Gasteiger partial charge in [-0.2, -0.15) is 5.10 Å². The topological polar surface area (TPSA) is 34.9 Å². The molecule has 3 nitrogen and oxygen atoms in total. The number of aryl methyl sites for hydroxylation is 2. The maximum atomic E-state index is 13.2. The zero-order valence-corrected chi connectivity index (χ0v) is 10.5. The van der Waals surface area contributed by atoms with Crippen LogP contribution in [0.4, 0.5) is 4.39 Å². The minimum absolute atomic E-state index is 0.186. The summed E-state index contributed by atoms with van der Waals surface area (Å²) in [5.41, 5.74) is 1.66. The van der Waals surface area contributed by atoms with E-state index in [2.05, 4.69) is 5.10 Å². The molecule has 0 spiro atoms. The molecular formula is C14H15FN2O. The van der Waals surface area contributed by atoms with Crippen LogP contribution in [-0.4, -0.2) is 15.6 Å². The molecule has 18 heavy (non-hydrogen) atoms. The number of benzene rings is 1. The minimum atomic E-state index is -0.398. The van der Waals surface area contributed by atoms with E-state index in [0.29, 0.717) is 11.1 Å². The maximum absolute atomic E-state index is 13.2. The van der Waals surface area contributed by atoms with E-state index >= 15 is 0 Å². The van der Waals surface area contributed by atoms with Gasteiger partial charge in [-0.3, -0.25) is 9.48 Å². The fraction of sp³-hybridized carbons (Fsp3) is 0.286. The Morgan fingerprint density at radius 1 is 1.44 bits per heavy atom. The Morgan fingerprint density at radius 2 is 2.22 bits per heavy atom. The highest BCUT2D eigenvalue weighted by molar-refractivity contribution is 6.09. The van der Waals surface area contributed by atoms with Crippen LogP contribution in [0.1, 0.15) is 34.8 Å². The second-order valence-electron chi connectivity index (χ2n) is 4.28. The lowest BCUT2D eigenvalue weighted by atomic mass is 10.0. The predicted molar refractivity (Wildman–Crippen MR) is 67.1 cm³/mol. The zero-order valence-electron chi connectivity index (χ0n) is 10.5. The molecule has 0 aliphatic heterocycles. The number of halogens is 1. The Balaban J connectivity index is 2.32. The standard InChI is InChI=1S/C14H15FN2O/c1-3-6-17-9-11(8-16-17)14(18)13-7-12(15)5-4-10(13)2/h4-5,7-9H,3,6H2,1-2H3. The Bertz CT molecular complexity index is 575. The van der Waals surface area contributed by atoms with Gasteiger partial charge in [0.15, 0.2) is 5.78 Å². The molecule has 0 saturated carbocycles. The molecule has 0 aliphatic carbocycles. The predicted octanol–water partition coefficient (Wildman–Crippen LogP) is 2.97. The van der Waals surface area contributed by atoms with Crippen molar-refractivity contribution in [1.82, 2.24) is 9.78 Å². The van der Waals surface area contributed by atoms with Gasteiger partial charge in [0.05, 0.1) is 11.8 Å². The van der Waals surface area contributed by atoms with Gasteiger partial charge < -0.3 is 0 Å². The van der Waals surface area contributed by atoms with Crippen molar-refractivity contribution < 1.29 is 9.18 Å². The Labute approximate surface area is 105 Å². The van der Waals surface area contributed by atoms with E-state index in [-0.39, 0.29) is 5.78 Å². The average Bonchev–Trinajstić information content (AvgIpc) is 2.80. The minimum Gasteiger partial charge on any atom is -0.288 e. The van der Waals surface area contributed by atoms with Crippen molar-refractivity contribution >= 4 is 5.78 Å². The molecular weight excluding hydrogens is 231 g/mol. The molecule has 0 radical (unpaired) electrons. The van der Waals surface area contributed by atoms with E-state index in [0.717, 1.165) is 18.5 Å². The van der Waals surface area contributed by atoms with Crippen molar-refractivity contribution in [3.05, 3.63) is 53.1 Å². The summed E-state index contributed by atoms with van der Waals surface area (Å²) in [6, 6.07) is 4.24. The monoisotopic (exact) mass is 246 g/mol. The lowest BCUT2D eigenvalue weighted by molar-refractivity contribution is 0.103. The quantitative estimate of drug-likeness (QED) is 0.777. The van der Waals surface area contributed by atoms with Gasteiger partial charge in [-0.05, 0) is 31.0 Å². The fourth-order valence-corrected chi connectivity index (χ4v) is 1.83. The highest BCUT2D eigenvalue weighted by Crippen LogP contribution is 2.15.